The molecule has 1 aliphatic carbocycles. The van der Waals surface area contributed by atoms with Gasteiger partial charge in [-0.25, -0.2) is 9.97 Å². The second-order valence-electron chi connectivity index (χ2n) is 10.4. The minimum Gasteiger partial charge on any atom is -0.381 e. The number of fused-ring (bicyclic) bond motifs is 2. The number of hydrogen-bond acceptors (Lipinski definition) is 7. The first-order valence-corrected chi connectivity index (χ1v) is 13.2. The molecule has 37 heavy (non-hydrogen) atoms. The zero-order chi connectivity index (χ0) is 25.5. The highest BCUT2D eigenvalue weighted by atomic mass is 16.5. The van der Waals surface area contributed by atoms with Crippen molar-refractivity contribution in [1.82, 2.24) is 24.1 Å². The van der Waals surface area contributed by atoms with Gasteiger partial charge in [-0.3, -0.25) is 14.2 Å². The van der Waals surface area contributed by atoms with Gasteiger partial charge in [-0.2, -0.15) is 4.98 Å². The van der Waals surface area contributed by atoms with E-state index in [-0.39, 0.29) is 22.9 Å². The molecular weight excluding hydrogens is 468 g/mol. The van der Waals surface area contributed by atoms with E-state index in [4.69, 9.17) is 14.7 Å². The summed E-state index contributed by atoms with van der Waals surface area (Å²) in [4.78, 5) is 39.8. The van der Waals surface area contributed by atoms with Crippen molar-refractivity contribution in [2.45, 2.75) is 65.0 Å². The average molecular weight is 501 g/mol. The monoisotopic (exact) mass is 500 g/mol. The predicted octanol–water partition coefficient (Wildman–Crippen LogP) is 4.94. The molecule has 1 aliphatic heterocycles. The summed E-state index contributed by atoms with van der Waals surface area (Å²) in [6.45, 7) is 5.85. The summed E-state index contributed by atoms with van der Waals surface area (Å²) >= 11 is 0. The Bertz CT molecular complexity index is 1540. The number of Topliss-reactive ketones (excluding diaryl/α,β-unsaturated/α-hetero) is 1. The molecule has 5 heterocycles. The molecule has 2 fully saturated rings. The smallest absolute Gasteiger partial charge is 0.263 e. The fourth-order valence-corrected chi connectivity index (χ4v) is 5.96. The van der Waals surface area contributed by atoms with Gasteiger partial charge in [0.05, 0.1) is 23.2 Å². The summed E-state index contributed by atoms with van der Waals surface area (Å²) in [6, 6.07) is 6.06. The maximum atomic E-state index is 13.4. The van der Waals surface area contributed by atoms with Crippen molar-refractivity contribution in [3.05, 3.63) is 52.1 Å². The Labute approximate surface area is 214 Å². The number of pyridine rings is 2. The minimum atomic E-state index is -0.252. The number of rotatable bonds is 6. The molecule has 1 atom stereocenters. The predicted molar refractivity (Wildman–Crippen MR) is 143 cm³/mol. The first kappa shape index (κ1) is 23.8. The molecule has 192 valence electrons. The van der Waals surface area contributed by atoms with E-state index >= 15 is 0 Å². The lowest BCUT2D eigenvalue weighted by atomic mass is 10.0. The van der Waals surface area contributed by atoms with E-state index in [0.29, 0.717) is 28.9 Å². The lowest BCUT2D eigenvalue weighted by Gasteiger charge is -2.22. The standard InChI is InChI=1S/C28H32N6O3/c1-17-21-14-29-28(32-26(21)34(20-7-3-4-8-20)27(36)25(17)18(2)35)31-24-10-9-23-22(30-24)11-12-33(23)15-19-6-5-13-37-16-19/h9-12,14,19-20H,3-8,13,15-16H2,1-2H3,(H,29,30,31,32). The lowest BCUT2D eigenvalue weighted by molar-refractivity contribution is 0.0488. The van der Waals surface area contributed by atoms with Crippen molar-refractivity contribution >= 4 is 39.6 Å². The van der Waals surface area contributed by atoms with Crippen molar-refractivity contribution in [2.75, 3.05) is 18.5 Å². The Morgan fingerprint density at radius 1 is 1.14 bits per heavy atom. The maximum Gasteiger partial charge on any atom is 0.263 e. The Kier molecular flexibility index (Phi) is 6.24. The molecule has 1 saturated carbocycles. The molecule has 6 rings (SSSR count). The highest BCUT2D eigenvalue weighted by molar-refractivity contribution is 5.99. The van der Waals surface area contributed by atoms with Crippen LogP contribution in [-0.2, 0) is 11.3 Å². The number of hydrogen-bond donors (Lipinski definition) is 1. The third kappa shape index (κ3) is 4.41. The van der Waals surface area contributed by atoms with Gasteiger partial charge in [0.1, 0.15) is 11.5 Å². The van der Waals surface area contributed by atoms with Gasteiger partial charge in [0, 0.05) is 42.9 Å². The van der Waals surface area contributed by atoms with Crippen LogP contribution in [0.15, 0.2) is 35.4 Å². The number of ether oxygens (including phenoxy) is 1. The molecule has 4 aromatic heterocycles. The lowest BCUT2D eigenvalue weighted by Crippen LogP contribution is -2.30. The van der Waals surface area contributed by atoms with Gasteiger partial charge in [0.25, 0.3) is 5.56 Å². The number of carbonyl (C=O) groups excluding carboxylic acids is 1. The number of nitrogens with zero attached hydrogens (tertiary/aromatic N) is 5. The topological polar surface area (TPSA) is 104 Å². The van der Waals surface area contributed by atoms with Crippen LogP contribution >= 0.6 is 0 Å². The van der Waals surface area contributed by atoms with Crippen LogP contribution in [0.1, 0.15) is 67.4 Å². The van der Waals surface area contributed by atoms with Crippen molar-refractivity contribution in [2.24, 2.45) is 5.92 Å². The van der Waals surface area contributed by atoms with E-state index in [9.17, 15) is 9.59 Å². The van der Waals surface area contributed by atoms with E-state index in [1.165, 1.54) is 13.3 Å². The Morgan fingerprint density at radius 3 is 2.73 bits per heavy atom. The molecule has 0 spiro atoms. The fourth-order valence-electron chi connectivity index (χ4n) is 5.96. The van der Waals surface area contributed by atoms with Crippen LogP contribution in [0.3, 0.4) is 0 Å². The second-order valence-corrected chi connectivity index (χ2v) is 10.4. The molecule has 1 unspecified atom stereocenters. The van der Waals surface area contributed by atoms with Gasteiger partial charge < -0.3 is 14.6 Å². The molecule has 9 heteroatoms. The van der Waals surface area contributed by atoms with Crippen LogP contribution in [-0.4, -0.2) is 43.1 Å². The summed E-state index contributed by atoms with van der Waals surface area (Å²) in [5, 5.41) is 3.96. The van der Waals surface area contributed by atoms with Crippen molar-refractivity contribution in [1.29, 1.82) is 0 Å². The van der Waals surface area contributed by atoms with Gasteiger partial charge in [0.15, 0.2) is 5.78 Å². The molecule has 0 bridgehead atoms. The Morgan fingerprint density at radius 2 is 1.97 bits per heavy atom. The quantitative estimate of drug-likeness (QED) is 0.374. The van der Waals surface area contributed by atoms with Crippen LogP contribution in [0, 0.1) is 12.8 Å². The fraction of sp³-hybridized carbons (Fsp3) is 0.464. The molecule has 2 aliphatic rings. The Hall–Kier alpha value is -3.59. The third-order valence-corrected chi connectivity index (χ3v) is 7.82. The van der Waals surface area contributed by atoms with Crippen LogP contribution < -0.4 is 10.9 Å². The van der Waals surface area contributed by atoms with Crippen LogP contribution in [0.4, 0.5) is 11.8 Å². The van der Waals surface area contributed by atoms with E-state index in [0.717, 1.165) is 68.3 Å². The molecule has 0 aromatic carbocycles. The van der Waals surface area contributed by atoms with E-state index < -0.39 is 0 Å². The molecule has 1 saturated heterocycles. The van der Waals surface area contributed by atoms with Gasteiger partial charge in [0.2, 0.25) is 5.95 Å². The molecule has 9 nitrogen and oxygen atoms in total. The van der Waals surface area contributed by atoms with Gasteiger partial charge in [-0.05, 0) is 63.3 Å². The van der Waals surface area contributed by atoms with Gasteiger partial charge in [-0.1, -0.05) is 12.8 Å². The van der Waals surface area contributed by atoms with Crippen LogP contribution in [0.25, 0.3) is 22.1 Å². The van der Waals surface area contributed by atoms with Crippen LogP contribution in [0.2, 0.25) is 0 Å². The van der Waals surface area contributed by atoms with Crippen molar-refractivity contribution < 1.29 is 9.53 Å². The number of anilines is 2. The zero-order valence-corrected chi connectivity index (χ0v) is 21.4. The number of nitrogens with one attached hydrogen (secondary N) is 1. The summed E-state index contributed by atoms with van der Waals surface area (Å²) in [5.74, 6) is 1.31. The van der Waals surface area contributed by atoms with Gasteiger partial charge >= 0.3 is 0 Å². The first-order valence-electron chi connectivity index (χ1n) is 13.2. The third-order valence-electron chi connectivity index (χ3n) is 7.82. The summed E-state index contributed by atoms with van der Waals surface area (Å²) < 4.78 is 9.61. The molecule has 0 amide bonds. The minimum absolute atomic E-state index is 0.0419. The molecule has 4 aromatic rings. The Balaban J connectivity index is 1.34. The van der Waals surface area contributed by atoms with Crippen LogP contribution in [0.5, 0.6) is 0 Å². The number of aromatic nitrogens is 5. The largest absolute Gasteiger partial charge is 0.381 e. The second kappa shape index (κ2) is 9.70. The van der Waals surface area contributed by atoms with E-state index in [1.54, 1.807) is 17.7 Å². The zero-order valence-electron chi connectivity index (χ0n) is 21.4. The normalized spacial score (nSPS) is 18.6. The van der Waals surface area contributed by atoms with E-state index in [2.05, 4.69) is 27.1 Å². The maximum absolute atomic E-state index is 13.4. The molecule has 1 N–H and O–H groups in total. The first-order chi connectivity index (χ1) is 18.0. The van der Waals surface area contributed by atoms with Crippen molar-refractivity contribution in [3.8, 4) is 0 Å². The number of ketones is 1. The van der Waals surface area contributed by atoms with Gasteiger partial charge in [-0.15, -0.1) is 0 Å². The SMILES string of the molecule is CC(=O)c1c(C)c2cnc(Nc3ccc4c(ccn4CC4CCCOC4)n3)nc2n(C2CCCC2)c1=O. The highest BCUT2D eigenvalue weighted by Crippen LogP contribution is 2.32. The number of carbonyl (C=O) groups is 1. The molecule has 0 radical (unpaired) electrons. The van der Waals surface area contributed by atoms with Crippen molar-refractivity contribution in [3.63, 3.8) is 0 Å². The average Bonchev–Trinajstić information content (AvgIpc) is 3.55. The summed E-state index contributed by atoms with van der Waals surface area (Å²) in [5.41, 5.74) is 3.17. The molecular formula is C28H32N6O3. The number of aryl methyl sites for hydroxylation is 1. The highest BCUT2D eigenvalue weighted by Gasteiger charge is 2.26. The van der Waals surface area contributed by atoms with E-state index in [1.807, 2.05) is 12.1 Å². The summed E-state index contributed by atoms with van der Waals surface area (Å²) in [7, 11) is 0. The summed E-state index contributed by atoms with van der Waals surface area (Å²) in [6.07, 6.45) is 10.0.